The second kappa shape index (κ2) is 9.07. The molecule has 2 unspecified atom stereocenters. The molecule has 0 saturated carbocycles. The molecule has 0 fully saturated rings. The summed E-state index contributed by atoms with van der Waals surface area (Å²) >= 11 is 0. The minimum absolute atomic E-state index is 0.0315. The van der Waals surface area contributed by atoms with Gasteiger partial charge in [-0.05, 0) is 49.4 Å². The molecule has 0 radical (unpaired) electrons. The molecule has 0 saturated heterocycles. The number of ether oxygens (including phenoxy) is 2. The van der Waals surface area contributed by atoms with Crippen molar-refractivity contribution in [3.63, 3.8) is 0 Å². The monoisotopic (exact) mass is 340 g/mol. The highest BCUT2D eigenvalue weighted by Crippen LogP contribution is 2.24. The van der Waals surface area contributed by atoms with Crippen molar-refractivity contribution < 1.29 is 14.6 Å². The minimum Gasteiger partial charge on any atom is -0.497 e. The van der Waals surface area contributed by atoms with E-state index in [0.717, 1.165) is 16.9 Å². The molecule has 0 heterocycles. The third-order valence-corrected chi connectivity index (χ3v) is 4.06. The molecule has 2 aromatic carbocycles. The molecule has 5 nitrogen and oxygen atoms in total. The first-order valence-electron chi connectivity index (χ1n) is 8.17. The highest BCUT2D eigenvalue weighted by molar-refractivity contribution is 5.30. The number of rotatable bonds is 8. The van der Waals surface area contributed by atoms with Crippen molar-refractivity contribution >= 4 is 0 Å². The van der Waals surface area contributed by atoms with Crippen LogP contribution in [-0.4, -0.2) is 36.9 Å². The Hall–Kier alpha value is -2.55. The Balaban J connectivity index is 2.03. The first kappa shape index (κ1) is 18.8. The Morgan fingerprint density at radius 2 is 1.68 bits per heavy atom. The molecule has 0 spiro atoms. The molecule has 2 rings (SSSR count). The average Bonchev–Trinajstić information content (AvgIpc) is 2.64. The van der Waals surface area contributed by atoms with Crippen molar-refractivity contribution in [1.29, 1.82) is 5.26 Å². The zero-order valence-corrected chi connectivity index (χ0v) is 14.8. The van der Waals surface area contributed by atoms with Crippen LogP contribution in [0, 0.1) is 11.3 Å². The Morgan fingerprint density at radius 1 is 1.08 bits per heavy atom. The van der Waals surface area contributed by atoms with Crippen molar-refractivity contribution in [2.45, 2.75) is 25.6 Å². The lowest BCUT2D eigenvalue weighted by atomic mass is 10.1. The minimum atomic E-state index is -0.470. The van der Waals surface area contributed by atoms with E-state index in [1.165, 1.54) is 0 Å². The first-order chi connectivity index (χ1) is 12.1. The maximum absolute atomic E-state index is 9.80. The average molecular weight is 340 g/mol. The molecule has 0 aliphatic carbocycles. The fourth-order valence-electron chi connectivity index (χ4n) is 2.63. The molecule has 0 aliphatic rings. The summed E-state index contributed by atoms with van der Waals surface area (Å²) in [5.74, 6) is 1.47. The number of methoxy groups -OCH3 is 1. The van der Waals surface area contributed by atoms with Gasteiger partial charge in [0.05, 0.1) is 19.8 Å². The maximum atomic E-state index is 9.80. The van der Waals surface area contributed by atoms with Crippen LogP contribution in [0.2, 0.25) is 0 Å². The standard InChI is InChI=1S/C20H24N2O3/c1-15(12-21)25-19-8-4-16(5-9-19)13-22(2)20(14-23)17-6-10-18(24-3)11-7-17/h4-11,15,20,23H,13-14H2,1-3H3. The predicted molar refractivity (Wildman–Crippen MR) is 96.4 cm³/mol. The van der Waals surface area contributed by atoms with Crippen molar-refractivity contribution in [3.8, 4) is 17.6 Å². The van der Waals surface area contributed by atoms with Crippen molar-refractivity contribution in [2.24, 2.45) is 0 Å². The Morgan fingerprint density at radius 3 is 2.20 bits per heavy atom. The van der Waals surface area contributed by atoms with Crippen LogP contribution in [0.3, 0.4) is 0 Å². The summed E-state index contributed by atoms with van der Waals surface area (Å²) in [6.45, 7) is 2.43. The largest absolute Gasteiger partial charge is 0.497 e. The number of hydrogen-bond acceptors (Lipinski definition) is 5. The lowest BCUT2D eigenvalue weighted by molar-refractivity contribution is 0.142. The molecule has 0 aliphatic heterocycles. The van der Waals surface area contributed by atoms with Gasteiger partial charge < -0.3 is 14.6 Å². The van der Waals surface area contributed by atoms with Gasteiger partial charge in [-0.2, -0.15) is 5.26 Å². The van der Waals surface area contributed by atoms with E-state index >= 15 is 0 Å². The smallest absolute Gasteiger partial charge is 0.181 e. The fraction of sp³-hybridized carbons (Fsp3) is 0.350. The van der Waals surface area contributed by atoms with Crippen LogP contribution in [0.15, 0.2) is 48.5 Å². The van der Waals surface area contributed by atoms with Crippen LogP contribution in [0.25, 0.3) is 0 Å². The molecule has 0 bridgehead atoms. The molecule has 132 valence electrons. The Kier molecular flexibility index (Phi) is 6.81. The van der Waals surface area contributed by atoms with Crippen LogP contribution < -0.4 is 9.47 Å². The quantitative estimate of drug-likeness (QED) is 0.800. The van der Waals surface area contributed by atoms with Crippen LogP contribution in [0.1, 0.15) is 24.1 Å². The van der Waals surface area contributed by atoms with E-state index < -0.39 is 6.10 Å². The van der Waals surface area contributed by atoms with Gasteiger partial charge in [0, 0.05) is 6.54 Å². The number of likely N-dealkylation sites (N-methyl/N-ethyl adjacent to an activating group) is 1. The highest BCUT2D eigenvalue weighted by atomic mass is 16.5. The molecular weight excluding hydrogens is 316 g/mol. The van der Waals surface area contributed by atoms with Crippen molar-refractivity contribution in [3.05, 3.63) is 59.7 Å². The van der Waals surface area contributed by atoms with Crippen LogP contribution >= 0.6 is 0 Å². The van der Waals surface area contributed by atoms with E-state index in [-0.39, 0.29) is 12.6 Å². The lowest BCUT2D eigenvalue weighted by Crippen LogP contribution is -2.26. The van der Waals surface area contributed by atoms with Gasteiger partial charge in [-0.25, -0.2) is 0 Å². The highest BCUT2D eigenvalue weighted by Gasteiger charge is 2.16. The van der Waals surface area contributed by atoms with Crippen molar-refractivity contribution in [1.82, 2.24) is 4.90 Å². The van der Waals surface area contributed by atoms with Crippen LogP contribution in [0.4, 0.5) is 0 Å². The molecule has 5 heteroatoms. The molecule has 1 N–H and O–H groups in total. The van der Waals surface area contributed by atoms with Gasteiger partial charge >= 0.3 is 0 Å². The van der Waals surface area contributed by atoms with Gasteiger partial charge in [-0.1, -0.05) is 24.3 Å². The molecule has 2 aromatic rings. The molecule has 2 atom stereocenters. The third kappa shape index (κ3) is 5.21. The molecule has 25 heavy (non-hydrogen) atoms. The van der Waals surface area contributed by atoms with E-state index in [0.29, 0.717) is 12.3 Å². The van der Waals surface area contributed by atoms with Gasteiger partial charge in [0.15, 0.2) is 6.10 Å². The SMILES string of the molecule is COc1ccc(C(CO)N(C)Cc2ccc(OC(C)C#N)cc2)cc1. The zero-order chi connectivity index (χ0) is 18.2. The molecule has 0 amide bonds. The van der Waals surface area contributed by atoms with Crippen molar-refractivity contribution in [2.75, 3.05) is 20.8 Å². The number of aliphatic hydroxyl groups excluding tert-OH is 1. The molecular formula is C20H24N2O3. The second-order valence-electron chi connectivity index (χ2n) is 5.92. The third-order valence-electron chi connectivity index (χ3n) is 4.06. The fourth-order valence-corrected chi connectivity index (χ4v) is 2.63. The van der Waals surface area contributed by atoms with Gasteiger partial charge in [-0.3, -0.25) is 4.90 Å². The number of benzene rings is 2. The summed E-state index contributed by atoms with van der Waals surface area (Å²) in [5.41, 5.74) is 2.14. The second-order valence-corrected chi connectivity index (χ2v) is 5.92. The van der Waals surface area contributed by atoms with Crippen LogP contribution in [-0.2, 0) is 6.54 Å². The van der Waals surface area contributed by atoms with Gasteiger partial charge in [-0.15, -0.1) is 0 Å². The van der Waals surface area contributed by atoms with E-state index in [9.17, 15) is 5.11 Å². The van der Waals surface area contributed by atoms with Gasteiger partial charge in [0.1, 0.15) is 17.6 Å². The predicted octanol–water partition coefficient (Wildman–Crippen LogP) is 3.15. The van der Waals surface area contributed by atoms with Gasteiger partial charge in [0.25, 0.3) is 0 Å². The number of hydrogen-bond donors (Lipinski definition) is 1. The normalized spacial score (nSPS) is 13.1. The van der Waals surface area contributed by atoms with E-state index in [1.807, 2.05) is 61.6 Å². The Labute approximate surface area is 149 Å². The summed E-state index contributed by atoms with van der Waals surface area (Å²) in [7, 11) is 3.61. The van der Waals surface area contributed by atoms with E-state index in [1.54, 1.807) is 14.0 Å². The number of nitrogens with zero attached hydrogens (tertiary/aromatic N) is 2. The van der Waals surface area contributed by atoms with E-state index in [2.05, 4.69) is 4.90 Å². The number of aliphatic hydroxyl groups is 1. The number of nitriles is 1. The molecule has 0 aromatic heterocycles. The maximum Gasteiger partial charge on any atom is 0.181 e. The first-order valence-corrected chi connectivity index (χ1v) is 8.17. The summed E-state index contributed by atoms with van der Waals surface area (Å²) in [5, 5.41) is 18.6. The van der Waals surface area contributed by atoms with Gasteiger partial charge in [0.2, 0.25) is 0 Å². The summed E-state index contributed by atoms with van der Waals surface area (Å²) in [6, 6.07) is 17.3. The van der Waals surface area contributed by atoms with E-state index in [4.69, 9.17) is 14.7 Å². The topological polar surface area (TPSA) is 65.7 Å². The summed E-state index contributed by atoms with van der Waals surface area (Å²) in [6.07, 6.45) is -0.470. The zero-order valence-electron chi connectivity index (χ0n) is 14.8. The van der Waals surface area contributed by atoms with Crippen LogP contribution in [0.5, 0.6) is 11.5 Å². The summed E-state index contributed by atoms with van der Waals surface area (Å²) < 4.78 is 10.6. The Bertz CT molecular complexity index is 692. The lowest BCUT2D eigenvalue weighted by Gasteiger charge is -2.27. The summed E-state index contributed by atoms with van der Waals surface area (Å²) in [4.78, 5) is 2.09.